The molecule has 0 aliphatic heterocycles. The van der Waals surface area contributed by atoms with Crippen LogP contribution in [0.5, 0.6) is 0 Å². The van der Waals surface area contributed by atoms with E-state index in [4.69, 9.17) is 0 Å². The molecule has 0 bridgehead atoms. The van der Waals surface area contributed by atoms with Crippen molar-refractivity contribution in [2.75, 3.05) is 18.1 Å². The lowest BCUT2D eigenvalue weighted by molar-refractivity contribution is 0.563. The van der Waals surface area contributed by atoms with Crippen molar-refractivity contribution in [3.8, 4) is 0 Å². The molecule has 0 radical (unpaired) electrons. The number of nitrogens with one attached hydrogen (secondary N) is 1. The molecule has 1 unspecified atom stereocenters. The third-order valence-corrected chi connectivity index (χ3v) is 5.90. The molecule has 1 aromatic rings. The second kappa shape index (κ2) is 6.63. The van der Waals surface area contributed by atoms with E-state index in [0.29, 0.717) is 6.42 Å². The summed E-state index contributed by atoms with van der Waals surface area (Å²) < 4.78 is 22.7. The van der Waals surface area contributed by atoms with Gasteiger partial charge in [-0.25, -0.2) is 13.4 Å². The molecule has 0 saturated carbocycles. The summed E-state index contributed by atoms with van der Waals surface area (Å²) in [6.45, 7) is 8.51. The smallest absolute Gasteiger partial charge is 0.150 e. The van der Waals surface area contributed by atoms with Gasteiger partial charge >= 0.3 is 0 Å². The summed E-state index contributed by atoms with van der Waals surface area (Å²) in [4.78, 5) is 5.64. The fraction of sp³-hybridized carbons (Fsp3) is 0.750. The maximum atomic E-state index is 11.3. The fourth-order valence-corrected chi connectivity index (χ4v) is 3.62. The Morgan fingerprint density at radius 1 is 1.39 bits per heavy atom. The van der Waals surface area contributed by atoms with Gasteiger partial charge in [0.15, 0.2) is 0 Å². The standard InChI is InChI=1S/C12H22N2O2S2/c1-5-18(15,16)8-6-7-13-9(2)12-10(3)14-11(4)17-12/h9,13H,5-8H2,1-4H3. The summed E-state index contributed by atoms with van der Waals surface area (Å²) in [5.41, 5.74) is 1.07. The zero-order chi connectivity index (χ0) is 13.8. The van der Waals surface area contributed by atoms with Gasteiger partial charge < -0.3 is 5.32 Å². The number of nitrogens with zero attached hydrogens (tertiary/aromatic N) is 1. The van der Waals surface area contributed by atoms with E-state index in [1.165, 1.54) is 4.88 Å². The third kappa shape index (κ3) is 4.66. The van der Waals surface area contributed by atoms with Crippen LogP contribution >= 0.6 is 11.3 Å². The number of aryl methyl sites for hydroxylation is 2. The number of hydrogen-bond acceptors (Lipinski definition) is 5. The van der Waals surface area contributed by atoms with Crippen molar-refractivity contribution in [3.63, 3.8) is 0 Å². The minimum Gasteiger partial charge on any atom is -0.309 e. The molecule has 1 rings (SSSR count). The Kier molecular flexibility index (Phi) is 5.75. The largest absolute Gasteiger partial charge is 0.309 e. The molecule has 0 amide bonds. The molecule has 0 saturated heterocycles. The molecule has 1 heterocycles. The summed E-state index contributed by atoms with van der Waals surface area (Å²) in [6.07, 6.45) is 0.664. The van der Waals surface area contributed by atoms with E-state index in [0.717, 1.165) is 17.2 Å². The third-order valence-electron chi connectivity index (χ3n) is 2.86. The second-order valence-corrected chi connectivity index (χ2v) is 8.16. The van der Waals surface area contributed by atoms with Gasteiger partial charge in [-0.2, -0.15) is 0 Å². The van der Waals surface area contributed by atoms with Gasteiger partial charge in [-0.1, -0.05) is 6.92 Å². The van der Waals surface area contributed by atoms with E-state index in [2.05, 4.69) is 17.2 Å². The summed E-state index contributed by atoms with van der Waals surface area (Å²) >= 11 is 1.70. The topological polar surface area (TPSA) is 59.1 Å². The lowest BCUT2D eigenvalue weighted by Gasteiger charge is -2.12. The minimum absolute atomic E-state index is 0.232. The summed E-state index contributed by atoms with van der Waals surface area (Å²) in [5.74, 6) is 0.500. The van der Waals surface area contributed by atoms with Crippen LogP contribution in [0.25, 0.3) is 0 Å². The minimum atomic E-state index is -2.84. The Hall–Kier alpha value is -0.460. The van der Waals surface area contributed by atoms with Crippen LogP contribution in [0.4, 0.5) is 0 Å². The van der Waals surface area contributed by atoms with E-state index in [1.807, 2.05) is 13.8 Å². The van der Waals surface area contributed by atoms with Crippen LogP contribution in [-0.2, 0) is 9.84 Å². The summed E-state index contributed by atoms with van der Waals surface area (Å²) in [5, 5.41) is 4.43. The van der Waals surface area contributed by atoms with Crippen LogP contribution in [0, 0.1) is 13.8 Å². The maximum Gasteiger partial charge on any atom is 0.150 e. The van der Waals surface area contributed by atoms with E-state index in [-0.39, 0.29) is 17.5 Å². The molecule has 1 aromatic heterocycles. The van der Waals surface area contributed by atoms with Crippen molar-refractivity contribution in [2.24, 2.45) is 0 Å². The normalized spacial score (nSPS) is 13.8. The summed E-state index contributed by atoms with van der Waals surface area (Å²) in [6, 6.07) is 0.237. The van der Waals surface area contributed by atoms with Crippen molar-refractivity contribution in [1.82, 2.24) is 10.3 Å². The number of aromatic nitrogens is 1. The SMILES string of the molecule is CCS(=O)(=O)CCCNC(C)c1sc(C)nc1C. The molecular formula is C12H22N2O2S2. The predicted octanol–water partition coefficient (Wildman–Crippen LogP) is 2.24. The Balaban J connectivity index is 2.38. The predicted molar refractivity (Wildman–Crippen MR) is 77.0 cm³/mol. The van der Waals surface area contributed by atoms with Gasteiger partial charge in [-0.05, 0) is 33.7 Å². The molecule has 0 spiro atoms. The van der Waals surface area contributed by atoms with Crippen molar-refractivity contribution in [1.29, 1.82) is 0 Å². The first-order valence-electron chi connectivity index (χ1n) is 6.23. The van der Waals surface area contributed by atoms with E-state index in [9.17, 15) is 8.42 Å². The number of hydrogen-bond donors (Lipinski definition) is 1. The van der Waals surface area contributed by atoms with Crippen LogP contribution in [0.2, 0.25) is 0 Å². The van der Waals surface area contributed by atoms with Gasteiger partial charge in [-0.3, -0.25) is 0 Å². The van der Waals surface area contributed by atoms with E-state index < -0.39 is 9.84 Å². The maximum absolute atomic E-state index is 11.3. The average Bonchev–Trinajstić information content (AvgIpc) is 2.64. The molecular weight excluding hydrogens is 268 g/mol. The van der Waals surface area contributed by atoms with Crippen LogP contribution < -0.4 is 5.32 Å². The highest BCUT2D eigenvalue weighted by Crippen LogP contribution is 2.24. The molecule has 0 fully saturated rings. The van der Waals surface area contributed by atoms with Crippen LogP contribution in [-0.4, -0.2) is 31.5 Å². The first-order chi connectivity index (χ1) is 8.35. The van der Waals surface area contributed by atoms with Crippen molar-refractivity contribution >= 4 is 21.2 Å². The lowest BCUT2D eigenvalue weighted by Crippen LogP contribution is -2.22. The quantitative estimate of drug-likeness (QED) is 0.782. The molecule has 104 valence electrons. The fourth-order valence-electron chi connectivity index (χ4n) is 1.80. The van der Waals surface area contributed by atoms with Gasteiger partial charge in [0.05, 0.1) is 16.5 Å². The van der Waals surface area contributed by atoms with Gasteiger partial charge in [0, 0.05) is 16.7 Å². The number of rotatable bonds is 7. The summed E-state index contributed by atoms with van der Waals surface area (Å²) in [7, 11) is -2.84. The highest BCUT2D eigenvalue weighted by Gasteiger charge is 2.12. The molecule has 0 aliphatic rings. The van der Waals surface area contributed by atoms with E-state index >= 15 is 0 Å². The molecule has 6 heteroatoms. The first kappa shape index (κ1) is 15.6. The molecule has 1 N–H and O–H groups in total. The average molecular weight is 290 g/mol. The van der Waals surface area contributed by atoms with Crippen molar-refractivity contribution in [2.45, 2.75) is 40.2 Å². The van der Waals surface area contributed by atoms with Crippen LogP contribution in [0.15, 0.2) is 0 Å². The number of thiazole rings is 1. The van der Waals surface area contributed by atoms with E-state index in [1.54, 1.807) is 18.3 Å². The highest BCUT2D eigenvalue weighted by atomic mass is 32.2. The molecule has 1 atom stereocenters. The zero-order valence-corrected chi connectivity index (χ0v) is 13.1. The Bertz CT molecular complexity index is 480. The number of sulfone groups is 1. The molecule has 0 aliphatic carbocycles. The monoisotopic (exact) mass is 290 g/mol. The van der Waals surface area contributed by atoms with Gasteiger partial charge in [0.1, 0.15) is 9.84 Å². The lowest BCUT2D eigenvalue weighted by atomic mass is 10.2. The molecule has 0 aromatic carbocycles. The van der Waals surface area contributed by atoms with Gasteiger partial charge in [-0.15, -0.1) is 11.3 Å². The van der Waals surface area contributed by atoms with Gasteiger partial charge in [0.25, 0.3) is 0 Å². The first-order valence-corrected chi connectivity index (χ1v) is 8.87. The second-order valence-electron chi connectivity index (χ2n) is 4.45. The van der Waals surface area contributed by atoms with Crippen LogP contribution in [0.1, 0.15) is 41.9 Å². The zero-order valence-electron chi connectivity index (χ0n) is 11.5. The Morgan fingerprint density at radius 3 is 2.56 bits per heavy atom. The molecule has 4 nitrogen and oxygen atoms in total. The van der Waals surface area contributed by atoms with Crippen LogP contribution in [0.3, 0.4) is 0 Å². The van der Waals surface area contributed by atoms with Crippen molar-refractivity contribution < 1.29 is 8.42 Å². The van der Waals surface area contributed by atoms with Crippen molar-refractivity contribution in [3.05, 3.63) is 15.6 Å². The molecule has 18 heavy (non-hydrogen) atoms. The highest BCUT2D eigenvalue weighted by molar-refractivity contribution is 7.91. The Morgan fingerprint density at radius 2 is 2.06 bits per heavy atom. The van der Waals surface area contributed by atoms with Gasteiger partial charge in [0.2, 0.25) is 0 Å². The Labute approximate surface area is 114 Å².